The van der Waals surface area contributed by atoms with Crippen LogP contribution in [0.3, 0.4) is 0 Å². The Morgan fingerprint density at radius 1 is 1.23 bits per heavy atom. The van der Waals surface area contributed by atoms with Gasteiger partial charge in [-0.2, -0.15) is 18.2 Å². The average Bonchev–Trinajstić information content (AvgIpc) is 3.16. The number of likely N-dealkylation sites (N-methyl/N-ethyl adjacent to an activating group) is 1. The van der Waals surface area contributed by atoms with Crippen LogP contribution in [0.15, 0.2) is 6.07 Å². The summed E-state index contributed by atoms with van der Waals surface area (Å²) in [6.07, 6.45) is -1.55. The number of carbonyl (C=O) groups is 1. The molecule has 31 heavy (non-hydrogen) atoms. The van der Waals surface area contributed by atoms with Gasteiger partial charge in [-0.25, -0.2) is 4.39 Å². The zero-order valence-corrected chi connectivity index (χ0v) is 17.8. The highest BCUT2D eigenvalue weighted by molar-refractivity contribution is 5.82. The van der Waals surface area contributed by atoms with E-state index < -0.39 is 17.9 Å². The van der Waals surface area contributed by atoms with Crippen LogP contribution in [0.25, 0.3) is 0 Å². The molecule has 0 bridgehead atoms. The number of amides is 1. The van der Waals surface area contributed by atoms with Gasteiger partial charge in [0.05, 0.1) is 25.7 Å². The lowest BCUT2D eigenvalue weighted by Gasteiger charge is -2.29. The maximum atomic E-state index is 14.5. The minimum atomic E-state index is -4.16. The smallest absolute Gasteiger partial charge is 0.391 e. The highest BCUT2D eigenvalue weighted by Crippen LogP contribution is 2.39. The Balaban J connectivity index is 1.55. The van der Waals surface area contributed by atoms with E-state index >= 15 is 0 Å². The normalized spacial score (nSPS) is 24.8. The molecular weight excluding hydrogens is 418 g/mol. The number of ether oxygens (including phenoxy) is 2. The number of hydrogen-bond donors (Lipinski definition) is 1. The Kier molecular flexibility index (Phi) is 7.61. The maximum absolute atomic E-state index is 14.5. The lowest BCUT2D eigenvalue weighted by molar-refractivity contribution is -0.184. The lowest BCUT2D eigenvalue weighted by atomic mass is 9.82. The zero-order valence-electron chi connectivity index (χ0n) is 17.8. The van der Waals surface area contributed by atoms with Gasteiger partial charge in [0.1, 0.15) is 0 Å². The van der Waals surface area contributed by atoms with E-state index in [2.05, 4.69) is 10.3 Å². The Hall–Kier alpha value is -2.10. The molecule has 1 N–H and O–H groups in total. The number of nitrogens with one attached hydrogen (secondary N) is 1. The standard InChI is InChI=1S/C21H29F4N3O3/c1-28-9-3-4-17(28)18(29)26-11-14-10-16(22)20(27-19(14)30-2)31-12-13-5-7-15(8-6-13)21(23,24)25/h10,13,15,17H,3-9,11-12H2,1-2H3,(H,26,29). The van der Waals surface area contributed by atoms with Crippen molar-refractivity contribution in [2.45, 2.75) is 57.3 Å². The molecule has 10 heteroatoms. The van der Waals surface area contributed by atoms with Crippen LogP contribution in [0.1, 0.15) is 44.1 Å². The predicted molar refractivity (Wildman–Crippen MR) is 105 cm³/mol. The summed E-state index contributed by atoms with van der Waals surface area (Å²) in [6.45, 7) is 1.03. The number of carbonyl (C=O) groups excluding carboxylic acids is 1. The van der Waals surface area contributed by atoms with E-state index in [4.69, 9.17) is 9.47 Å². The lowest BCUT2D eigenvalue weighted by Crippen LogP contribution is -2.41. The first-order valence-electron chi connectivity index (χ1n) is 10.6. The molecule has 1 aliphatic carbocycles. The number of hydrogen-bond acceptors (Lipinski definition) is 5. The van der Waals surface area contributed by atoms with Crippen molar-refractivity contribution in [3.8, 4) is 11.8 Å². The van der Waals surface area contributed by atoms with Gasteiger partial charge in [-0.05, 0) is 64.1 Å². The van der Waals surface area contributed by atoms with Gasteiger partial charge >= 0.3 is 6.18 Å². The summed E-state index contributed by atoms with van der Waals surface area (Å²) in [7, 11) is 3.28. The fourth-order valence-corrected chi connectivity index (χ4v) is 4.29. The summed E-state index contributed by atoms with van der Waals surface area (Å²) in [4.78, 5) is 18.4. The molecule has 0 spiro atoms. The summed E-state index contributed by atoms with van der Waals surface area (Å²) in [5.41, 5.74) is 0.382. The minimum Gasteiger partial charge on any atom is -0.481 e. The van der Waals surface area contributed by atoms with Gasteiger partial charge in [-0.1, -0.05) is 0 Å². The summed E-state index contributed by atoms with van der Waals surface area (Å²) in [5, 5.41) is 2.79. The molecule has 1 atom stereocenters. The van der Waals surface area contributed by atoms with Gasteiger partial charge in [-0.15, -0.1) is 0 Å². The van der Waals surface area contributed by atoms with Crippen LogP contribution < -0.4 is 14.8 Å². The molecule has 2 aliphatic rings. The molecule has 1 aromatic rings. The highest BCUT2D eigenvalue weighted by Gasteiger charge is 2.41. The number of nitrogens with zero attached hydrogens (tertiary/aromatic N) is 2. The molecular formula is C21H29F4N3O3. The molecule has 6 nitrogen and oxygen atoms in total. The number of aromatic nitrogens is 1. The molecule has 1 amide bonds. The molecule has 174 valence electrons. The van der Waals surface area contributed by atoms with Crippen molar-refractivity contribution < 1.29 is 31.8 Å². The van der Waals surface area contributed by atoms with E-state index in [1.54, 1.807) is 0 Å². The monoisotopic (exact) mass is 447 g/mol. The van der Waals surface area contributed by atoms with E-state index in [0.29, 0.717) is 18.4 Å². The van der Waals surface area contributed by atoms with E-state index in [-0.39, 0.29) is 55.6 Å². The van der Waals surface area contributed by atoms with Crippen LogP contribution in [-0.2, 0) is 11.3 Å². The van der Waals surface area contributed by atoms with Crippen molar-refractivity contribution in [3.05, 3.63) is 17.4 Å². The van der Waals surface area contributed by atoms with Crippen LogP contribution in [0.4, 0.5) is 17.6 Å². The van der Waals surface area contributed by atoms with Crippen LogP contribution in [0.2, 0.25) is 0 Å². The number of alkyl halides is 3. The maximum Gasteiger partial charge on any atom is 0.391 e. The quantitative estimate of drug-likeness (QED) is 0.646. The molecule has 1 saturated carbocycles. The molecule has 1 aliphatic heterocycles. The fraction of sp³-hybridized carbons (Fsp3) is 0.714. The number of likely N-dealkylation sites (tertiary alicyclic amines) is 1. The van der Waals surface area contributed by atoms with Gasteiger partial charge in [-0.3, -0.25) is 9.69 Å². The largest absolute Gasteiger partial charge is 0.481 e. The summed E-state index contributed by atoms with van der Waals surface area (Å²) in [5.74, 6) is -2.28. The number of pyridine rings is 1. The van der Waals surface area contributed by atoms with Gasteiger partial charge in [0.15, 0.2) is 5.82 Å². The van der Waals surface area contributed by atoms with Crippen molar-refractivity contribution in [3.63, 3.8) is 0 Å². The first-order valence-corrected chi connectivity index (χ1v) is 10.6. The molecule has 3 rings (SSSR count). The Bertz CT molecular complexity index is 767. The third kappa shape index (κ3) is 5.99. The summed E-state index contributed by atoms with van der Waals surface area (Å²) in [6, 6.07) is 1.01. The van der Waals surface area contributed by atoms with Crippen molar-refractivity contribution in [1.29, 1.82) is 0 Å². The number of methoxy groups -OCH3 is 1. The minimum absolute atomic E-state index is 0.0611. The Morgan fingerprint density at radius 2 is 1.94 bits per heavy atom. The van der Waals surface area contributed by atoms with Gasteiger partial charge in [0.2, 0.25) is 11.8 Å². The molecule has 2 fully saturated rings. The molecule has 0 radical (unpaired) electrons. The highest BCUT2D eigenvalue weighted by atomic mass is 19.4. The van der Waals surface area contributed by atoms with E-state index in [9.17, 15) is 22.4 Å². The summed E-state index contributed by atoms with van der Waals surface area (Å²) >= 11 is 0. The third-order valence-corrected chi connectivity index (χ3v) is 6.22. The van der Waals surface area contributed by atoms with E-state index in [1.165, 1.54) is 13.2 Å². The zero-order chi connectivity index (χ0) is 22.6. The second-order valence-electron chi connectivity index (χ2n) is 8.37. The fourth-order valence-electron chi connectivity index (χ4n) is 4.29. The van der Waals surface area contributed by atoms with Gasteiger partial charge < -0.3 is 14.8 Å². The number of halogens is 4. The van der Waals surface area contributed by atoms with E-state index in [1.807, 2.05) is 11.9 Å². The van der Waals surface area contributed by atoms with Gasteiger partial charge in [0, 0.05) is 12.1 Å². The van der Waals surface area contributed by atoms with Crippen LogP contribution in [-0.4, -0.2) is 55.3 Å². The average molecular weight is 447 g/mol. The van der Waals surface area contributed by atoms with Crippen molar-refractivity contribution in [2.75, 3.05) is 27.3 Å². The van der Waals surface area contributed by atoms with Crippen LogP contribution in [0.5, 0.6) is 11.8 Å². The third-order valence-electron chi connectivity index (χ3n) is 6.22. The Morgan fingerprint density at radius 3 is 2.52 bits per heavy atom. The van der Waals surface area contributed by atoms with E-state index in [0.717, 1.165) is 19.4 Å². The topological polar surface area (TPSA) is 63.7 Å². The molecule has 1 unspecified atom stereocenters. The van der Waals surface area contributed by atoms with Crippen LogP contribution in [0, 0.1) is 17.7 Å². The first kappa shape index (κ1) is 23.6. The van der Waals surface area contributed by atoms with Crippen molar-refractivity contribution in [1.82, 2.24) is 15.2 Å². The van der Waals surface area contributed by atoms with Gasteiger partial charge in [0.25, 0.3) is 5.88 Å². The Labute approximate surface area is 179 Å². The second kappa shape index (κ2) is 10.0. The van der Waals surface area contributed by atoms with Crippen LogP contribution >= 0.6 is 0 Å². The first-order chi connectivity index (χ1) is 14.7. The van der Waals surface area contributed by atoms with Crippen molar-refractivity contribution in [2.24, 2.45) is 11.8 Å². The molecule has 1 saturated heterocycles. The molecule has 1 aromatic heterocycles. The predicted octanol–water partition coefficient (Wildman–Crippen LogP) is 3.69. The summed E-state index contributed by atoms with van der Waals surface area (Å²) < 4.78 is 63.5. The second-order valence-corrected chi connectivity index (χ2v) is 8.37. The number of rotatable bonds is 7. The SMILES string of the molecule is COc1nc(OCC2CCC(C(F)(F)F)CC2)c(F)cc1CNC(=O)C1CCCN1C. The molecule has 2 heterocycles. The van der Waals surface area contributed by atoms with Crippen molar-refractivity contribution >= 4 is 5.91 Å². The molecule has 0 aromatic carbocycles.